The molecule has 3 heteroatoms. The van der Waals surface area contributed by atoms with Crippen molar-refractivity contribution in [2.75, 3.05) is 0 Å². The van der Waals surface area contributed by atoms with Gasteiger partial charge in [-0.3, -0.25) is 4.98 Å². The molecule has 2 aromatic heterocycles. The molecule has 0 aliphatic heterocycles. The molecule has 2 aromatic rings. The molecule has 3 nitrogen and oxygen atoms in total. The minimum Gasteiger partial charge on any atom is -0.432 e. The smallest absolute Gasteiger partial charge is 0.284 e. The Morgan fingerprint density at radius 2 is 2.09 bits per heavy atom. The van der Waals surface area contributed by atoms with E-state index in [1.807, 2.05) is 12.1 Å². The summed E-state index contributed by atoms with van der Waals surface area (Å²) in [5.74, 6) is 0.715. The molecular weight excluding hydrogens is 140 g/mol. The van der Waals surface area contributed by atoms with Crippen LogP contribution in [0.4, 0.5) is 0 Å². The van der Waals surface area contributed by atoms with E-state index in [0.29, 0.717) is 5.76 Å². The molecule has 2 heterocycles. The first-order valence-corrected chi connectivity index (χ1v) is 3.19. The number of oxazole rings is 1. The van der Waals surface area contributed by atoms with E-state index in [1.165, 1.54) is 0 Å². The van der Waals surface area contributed by atoms with Crippen molar-refractivity contribution in [1.29, 1.82) is 0 Å². The molecule has 0 saturated heterocycles. The van der Waals surface area contributed by atoms with Crippen LogP contribution in [0.5, 0.6) is 0 Å². The average molecular weight is 145 g/mol. The summed E-state index contributed by atoms with van der Waals surface area (Å²) in [5, 5.41) is 0. The highest BCUT2D eigenvalue weighted by Gasteiger charge is 1.98. The van der Waals surface area contributed by atoms with E-state index < -0.39 is 0 Å². The zero-order chi connectivity index (χ0) is 7.52. The third-order valence-electron chi connectivity index (χ3n) is 1.35. The first-order chi connectivity index (χ1) is 5.47. The van der Waals surface area contributed by atoms with E-state index in [0.717, 1.165) is 5.56 Å². The molecule has 0 saturated carbocycles. The van der Waals surface area contributed by atoms with Gasteiger partial charge >= 0.3 is 0 Å². The molecule has 0 aliphatic rings. The molecule has 1 radical (unpaired) electrons. The van der Waals surface area contributed by atoms with Crippen molar-refractivity contribution < 1.29 is 4.42 Å². The minimum atomic E-state index is 0.715. The van der Waals surface area contributed by atoms with Crippen molar-refractivity contribution in [2.24, 2.45) is 0 Å². The van der Waals surface area contributed by atoms with Crippen molar-refractivity contribution in [1.82, 2.24) is 9.97 Å². The maximum absolute atomic E-state index is 4.96. The lowest BCUT2D eigenvalue weighted by atomic mass is 10.2. The van der Waals surface area contributed by atoms with Crippen LogP contribution < -0.4 is 0 Å². The molecular formula is C8H5N2O. The average Bonchev–Trinajstić information content (AvgIpc) is 2.58. The Kier molecular flexibility index (Phi) is 1.41. The number of rotatable bonds is 1. The fourth-order valence-electron chi connectivity index (χ4n) is 0.836. The maximum Gasteiger partial charge on any atom is 0.284 e. The lowest BCUT2D eigenvalue weighted by molar-refractivity contribution is 0.561. The zero-order valence-electron chi connectivity index (χ0n) is 5.69. The van der Waals surface area contributed by atoms with Crippen molar-refractivity contribution in [3.05, 3.63) is 37.1 Å². The van der Waals surface area contributed by atoms with Gasteiger partial charge in [-0.15, -0.1) is 0 Å². The summed E-state index contributed by atoms with van der Waals surface area (Å²) in [6, 6.07) is 3.71. The second kappa shape index (κ2) is 2.54. The third kappa shape index (κ3) is 1.12. The lowest BCUT2D eigenvalue weighted by Crippen LogP contribution is -1.73. The Labute approximate surface area is 63.7 Å². The van der Waals surface area contributed by atoms with Crippen LogP contribution in [0.25, 0.3) is 11.3 Å². The van der Waals surface area contributed by atoms with E-state index in [-0.39, 0.29) is 0 Å². The predicted octanol–water partition coefficient (Wildman–Crippen LogP) is 1.54. The molecule has 0 aliphatic carbocycles. The van der Waals surface area contributed by atoms with Crippen molar-refractivity contribution >= 4 is 0 Å². The van der Waals surface area contributed by atoms with E-state index >= 15 is 0 Å². The quantitative estimate of drug-likeness (QED) is 0.610. The Bertz CT molecular complexity index is 315. The van der Waals surface area contributed by atoms with Crippen molar-refractivity contribution in [3.63, 3.8) is 0 Å². The fraction of sp³-hybridized carbons (Fsp3) is 0. The Morgan fingerprint density at radius 3 is 2.73 bits per heavy atom. The van der Waals surface area contributed by atoms with E-state index in [1.54, 1.807) is 18.6 Å². The topological polar surface area (TPSA) is 38.9 Å². The van der Waals surface area contributed by atoms with Gasteiger partial charge in [0.2, 0.25) is 0 Å². The lowest BCUT2D eigenvalue weighted by Gasteiger charge is -1.90. The Morgan fingerprint density at radius 1 is 1.27 bits per heavy atom. The summed E-state index contributed by atoms with van der Waals surface area (Å²) < 4.78 is 4.96. The molecule has 0 amide bonds. The van der Waals surface area contributed by atoms with Crippen molar-refractivity contribution in [2.45, 2.75) is 0 Å². The summed E-state index contributed by atoms with van der Waals surface area (Å²) in [4.78, 5) is 7.57. The van der Waals surface area contributed by atoms with E-state index in [2.05, 4.69) is 16.4 Å². The molecule has 0 aromatic carbocycles. The van der Waals surface area contributed by atoms with Crippen LogP contribution in [0.1, 0.15) is 0 Å². The Balaban J connectivity index is 2.46. The number of nitrogens with zero attached hydrogens (tertiary/aromatic N) is 2. The van der Waals surface area contributed by atoms with Crippen molar-refractivity contribution in [3.8, 4) is 11.3 Å². The highest BCUT2D eigenvalue weighted by atomic mass is 16.3. The highest BCUT2D eigenvalue weighted by Crippen LogP contribution is 2.15. The standard InChI is InChI=1S/C8H5N2O/c1-3-9-4-2-7(1)8-5-10-6-11-8/h1-5H. The molecule has 0 N–H and O–H groups in total. The Hall–Kier alpha value is -1.64. The van der Waals surface area contributed by atoms with Gasteiger partial charge in [-0.05, 0) is 12.1 Å². The molecule has 0 fully saturated rings. The van der Waals surface area contributed by atoms with Gasteiger partial charge in [-0.2, -0.15) is 0 Å². The number of hydrogen-bond donors (Lipinski definition) is 0. The van der Waals surface area contributed by atoms with Gasteiger partial charge in [0, 0.05) is 18.0 Å². The second-order valence-corrected chi connectivity index (χ2v) is 2.05. The van der Waals surface area contributed by atoms with Gasteiger partial charge < -0.3 is 4.42 Å². The fourth-order valence-corrected chi connectivity index (χ4v) is 0.836. The van der Waals surface area contributed by atoms with E-state index in [9.17, 15) is 0 Å². The van der Waals surface area contributed by atoms with Gasteiger partial charge in [-0.1, -0.05) is 0 Å². The van der Waals surface area contributed by atoms with Gasteiger partial charge in [-0.25, -0.2) is 4.98 Å². The summed E-state index contributed by atoms with van der Waals surface area (Å²) in [5.41, 5.74) is 0.966. The van der Waals surface area contributed by atoms with Crippen LogP contribution >= 0.6 is 0 Å². The number of pyridine rings is 1. The minimum absolute atomic E-state index is 0.715. The van der Waals surface area contributed by atoms with Crippen LogP contribution in [0.15, 0.2) is 35.1 Å². The predicted molar refractivity (Wildman–Crippen MR) is 38.6 cm³/mol. The largest absolute Gasteiger partial charge is 0.432 e. The normalized spacial score (nSPS) is 9.82. The maximum atomic E-state index is 4.96. The summed E-state index contributed by atoms with van der Waals surface area (Å²) in [7, 11) is 0. The molecule has 0 spiro atoms. The third-order valence-corrected chi connectivity index (χ3v) is 1.35. The van der Waals surface area contributed by atoms with Gasteiger partial charge in [0.05, 0.1) is 6.20 Å². The summed E-state index contributed by atoms with van der Waals surface area (Å²) >= 11 is 0. The molecule has 0 bridgehead atoms. The molecule has 11 heavy (non-hydrogen) atoms. The number of hydrogen-bond acceptors (Lipinski definition) is 3. The van der Waals surface area contributed by atoms with Gasteiger partial charge in [0.15, 0.2) is 5.76 Å². The van der Waals surface area contributed by atoms with Gasteiger partial charge in [0.1, 0.15) is 0 Å². The van der Waals surface area contributed by atoms with Crippen LogP contribution in [0.2, 0.25) is 0 Å². The van der Waals surface area contributed by atoms with Crippen LogP contribution in [0, 0.1) is 6.39 Å². The number of aromatic nitrogens is 2. The van der Waals surface area contributed by atoms with E-state index in [4.69, 9.17) is 4.42 Å². The highest BCUT2D eigenvalue weighted by molar-refractivity contribution is 5.54. The molecule has 53 valence electrons. The molecule has 0 unspecified atom stereocenters. The second-order valence-electron chi connectivity index (χ2n) is 2.05. The first kappa shape index (κ1) is 6.09. The van der Waals surface area contributed by atoms with Gasteiger partial charge in [0.25, 0.3) is 6.39 Å². The van der Waals surface area contributed by atoms with Crippen LogP contribution in [0.3, 0.4) is 0 Å². The summed E-state index contributed by atoms with van der Waals surface area (Å²) in [6.45, 7) is 0. The zero-order valence-corrected chi connectivity index (χ0v) is 5.69. The summed E-state index contributed by atoms with van der Waals surface area (Å²) in [6.07, 6.45) is 7.42. The first-order valence-electron chi connectivity index (χ1n) is 3.19. The van der Waals surface area contributed by atoms with Crippen LogP contribution in [-0.2, 0) is 0 Å². The molecule has 0 atom stereocenters. The van der Waals surface area contributed by atoms with Crippen LogP contribution in [-0.4, -0.2) is 9.97 Å². The molecule has 2 rings (SSSR count). The monoisotopic (exact) mass is 145 g/mol. The SMILES string of the molecule is [c]1ncc(-c2ccncc2)o1.